The van der Waals surface area contributed by atoms with Crippen molar-refractivity contribution in [2.75, 3.05) is 0 Å². The summed E-state index contributed by atoms with van der Waals surface area (Å²) in [6, 6.07) is 19.5. The molecule has 5 aromatic rings. The Morgan fingerprint density at radius 3 is 2.37 bits per heavy atom. The highest BCUT2D eigenvalue weighted by Crippen LogP contribution is 2.34. The van der Waals surface area contributed by atoms with Crippen LogP contribution in [0.1, 0.15) is 32.7 Å². The van der Waals surface area contributed by atoms with Gasteiger partial charge in [0, 0.05) is 28.4 Å². The minimum atomic E-state index is -4.22. The van der Waals surface area contributed by atoms with Gasteiger partial charge in [-0.15, -0.1) is 0 Å². The number of hydrogen-bond acceptors (Lipinski definition) is 6. The normalized spacial score (nSPS) is 11.5. The molecule has 0 fully saturated rings. The maximum absolute atomic E-state index is 13.3. The van der Waals surface area contributed by atoms with Gasteiger partial charge in [-0.1, -0.05) is 35.9 Å². The lowest BCUT2D eigenvalue weighted by Crippen LogP contribution is -2.31. The van der Waals surface area contributed by atoms with E-state index < -0.39 is 15.9 Å². The number of rotatable bonds is 6. The summed E-state index contributed by atoms with van der Waals surface area (Å²) < 4.78 is 34.2. The quantitative estimate of drug-likeness (QED) is 0.290. The Balaban J connectivity index is 1.60. The van der Waals surface area contributed by atoms with Crippen LogP contribution in [0.25, 0.3) is 22.2 Å². The molecule has 0 saturated heterocycles. The number of fused-ring (bicyclic) bond motifs is 1. The maximum atomic E-state index is 13.3. The first kappa shape index (κ1) is 25.2. The molecule has 0 aliphatic carbocycles. The van der Waals surface area contributed by atoms with Crippen LogP contribution in [0.15, 0.2) is 78.0 Å². The molecule has 3 aromatic heterocycles. The van der Waals surface area contributed by atoms with E-state index in [4.69, 9.17) is 9.72 Å². The number of amides is 1. The lowest BCUT2D eigenvalue weighted by molar-refractivity contribution is 0.0978. The molecule has 2 aromatic carbocycles. The Morgan fingerprint density at radius 1 is 0.895 bits per heavy atom. The largest absolute Gasteiger partial charge is 0.438 e. The van der Waals surface area contributed by atoms with Crippen molar-refractivity contribution in [3.63, 3.8) is 0 Å². The fourth-order valence-electron chi connectivity index (χ4n) is 4.47. The van der Waals surface area contributed by atoms with E-state index in [1.165, 1.54) is 12.1 Å². The summed E-state index contributed by atoms with van der Waals surface area (Å²) in [6.07, 6.45) is 1.84. The summed E-state index contributed by atoms with van der Waals surface area (Å²) in [7, 11) is -4.22. The number of pyridine rings is 2. The van der Waals surface area contributed by atoms with Gasteiger partial charge in [-0.2, -0.15) is 8.42 Å². The zero-order chi connectivity index (χ0) is 27.0. The van der Waals surface area contributed by atoms with Gasteiger partial charge in [0.1, 0.15) is 11.3 Å². The maximum Gasteiger partial charge on any atom is 0.281 e. The van der Waals surface area contributed by atoms with Gasteiger partial charge in [0.2, 0.25) is 5.88 Å². The molecule has 0 saturated carbocycles. The first-order valence-electron chi connectivity index (χ1n) is 12.0. The SMILES string of the molecule is Cc1cc(C)c(Oc2nc(-c3cccc4[nH]ccc34)ccc2C(=O)NS(=O)(=O)c2cccc(C)n2)c(C)c1. The van der Waals surface area contributed by atoms with Crippen LogP contribution in [0.5, 0.6) is 11.6 Å². The predicted octanol–water partition coefficient (Wildman–Crippen LogP) is 5.77. The van der Waals surface area contributed by atoms with Gasteiger partial charge in [0.25, 0.3) is 15.9 Å². The van der Waals surface area contributed by atoms with Gasteiger partial charge in [-0.25, -0.2) is 14.7 Å². The highest BCUT2D eigenvalue weighted by atomic mass is 32.2. The van der Waals surface area contributed by atoms with E-state index in [-0.39, 0.29) is 16.5 Å². The highest BCUT2D eigenvalue weighted by molar-refractivity contribution is 7.90. The Labute approximate surface area is 220 Å². The van der Waals surface area contributed by atoms with Crippen molar-refractivity contribution in [3.8, 4) is 22.9 Å². The number of carbonyl (C=O) groups excluding carboxylic acids is 1. The van der Waals surface area contributed by atoms with Crippen molar-refractivity contribution in [2.24, 2.45) is 0 Å². The van der Waals surface area contributed by atoms with Crippen LogP contribution in [0.2, 0.25) is 0 Å². The van der Waals surface area contributed by atoms with E-state index in [0.29, 0.717) is 17.1 Å². The number of benzene rings is 2. The summed E-state index contributed by atoms with van der Waals surface area (Å²) in [4.78, 5) is 25.3. The number of sulfonamides is 1. The van der Waals surface area contributed by atoms with Crippen molar-refractivity contribution >= 4 is 26.8 Å². The fraction of sp³-hybridized carbons (Fsp3) is 0.138. The number of aromatic nitrogens is 3. The molecule has 2 N–H and O–H groups in total. The second kappa shape index (κ2) is 9.75. The molecule has 0 aliphatic heterocycles. The monoisotopic (exact) mass is 526 g/mol. The second-order valence-electron chi connectivity index (χ2n) is 9.18. The first-order chi connectivity index (χ1) is 18.1. The Bertz CT molecular complexity index is 1790. The van der Waals surface area contributed by atoms with Gasteiger partial charge in [-0.3, -0.25) is 4.79 Å². The van der Waals surface area contributed by atoms with Crippen molar-refractivity contribution < 1.29 is 17.9 Å². The third-order valence-corrected chi connectivity index (χ3v) is 7.38. The summed E-state index contributed by atoms with van der Waals surface area (Å²) in [5, 5.41) is 0.709. The number of ether oxygens (including phenoxy) is 1. The van der Waals surface area contributed by atoms with Crippen LogP contribution in [-0.2, 0) is 10.0 Å². The molecule has 1 amide bonds. The molecule has 192 valence electrons. The van der Waals surface area contributed by atoms with Gasteiger partial charge >= 0.3 is 0 Å². The molecular weight excluding hydrogens is 500 g/mol. The lowest BCUT2D eigenvalue weighted by Gasteiger charge is -2.16. The molecule has 0 unspecified atom stereocenters. The summed E-state index contributed by atoms with van der Waals surface area (Å²) >= 11 is 0. The molecule has 0 radical (unpaired) electrons. The Morgan fingerprint density at radius 2 is 1.63 bits per heavy atom. The molecule has 0 spiro atoms. The van der Waals surface area contributed by atoms with E-state index in [1.807, 2.05) is 63.4 Å². The minimum absolute atomic E-state index is 0.00464. The average molecular weight is 527 g/mol. The van der Waals surface area contributed by atoms with Crippen LogP contribution in [0.4, 0.5) is 0 Å². The molecular formula is C29H26N4O4S. The molecule has 0 atom stereocenters. The molecule has 9 heteroatoms. The minimum Gasteiger partial charge on any atom is -0.438 e. The van der Waals surface area contributed by atoms with E-state index in [1.54, 1.807) is 25.1 Å². The van der Waals surface area contributed by atoms with Crippen LogP contribution in [0, 0.1) is 27.7 Å². The molecule has 0 aliphatic rings. The molecule has 38 heavy (non-hydrogen) atoms. The third kappa shape index (κ3) is 4.88. The van der Waals surface area contributed by atoms with Crippen LogP contribution < -0.4 is 9.46 Å². The number of nitrogens with zero attached hydrogens (tertiary/aromatic N) is 2. The summed E-state index contributed by atoms with van der Waals surface area (Å²) in [5.41, 5.74) is 5.65. The van der Waals surface area contributed by atoms with Crippen LogP contribution in [0.3, 0.4) is 0 Å². The van der Waals surface area contributed by atoms with Crippen LogP contribution in [-0.4, -0.2) is 29.3 Å². The molecule has 5 rings (SSSR count). The van der Waals surface area contributed by atoms with Crippen molar-refractivity contribution in [3.05, 3.63) is 101 Å². The summed E-state index contributed by atoms with van der Waals surface area (Å²) in [6.45, 7) is 7.48. The van der Waals surface area contributed by atoms with E-state index in [2.05, 4.69) is 14.7 Å². The lowest BCUT2D eigenvalue weighted by atomic mass is 10.1. The standard InChI is InChI=1S/C29H26N4O4S/c1-17-15-18(2)27(19(3)16-17)37-29-23(28(34)33-38(35,36)26-10-5-7-20(4)31-26)11-12-25(32-29)21-8-6-9-24-22(21)13-14-30-24/h5-16,30H,1-4H3,(H,33,34). The second-order valence-corrected chi connectivity index (χ2v) is 10.8. The zero-order valence-electron chi connectivity index (χ0n) is 21.4. The van der Waals surface area contributed by atoms with Gasteiger partial charge in [0.15, 0.2) is 5.03 Å². The zero-order valence-corrected chi connectivity index (χ0v) is 22.2. The van der Waals surface area contributed by atoms with Gasteiger partial charge < -0.3 is 9.72 Å². The summed E-state index contributed by atoms with van der Waals surface area (Å²) in [5.74, 6) is -0.322. The number of aryl methyl sites for hydroxylation is 4. The molecule has 0 bridgehead atoms. The number of carbonyl (C=O) groups is 1. The third-order valence-electron chi connectivity index (χ3n) is 6.14. The number of aromatic amines is 1. The van der Waals surface area contributed by atoms with Gasteiger partial charge in [-0.05, 0) is 75.2 Å². The highest BCUT2D eigenvalue weighted by Gasteiger charge is 2.25. The first-order valence-corrected chi connectivity index (χ1v) is 13.4. The Hall–Kier alpha value is -4.50. The fourth-order valence-corrected chi connectivity index (χ4v) is 5.45. The van der Waals surface area contributed by atoms with E-state index in [0.717, 1.165) is 33.2 Å². The van der Waals surface area contributed by atoms with Crippen molar-refractivity contribution in [1.82, 2.24) is 19.7 Å². The number of H-pyrrole nitrogens is 1. The van der Waals surface area contributed by atoms with E-state index >= 15 is 0 Å². The molecule has 8 nitrogen and oxygen atoms in total. The number of hydrogen-bond donors (Lipinski definition) is 2. The van der Waals surface area contributed by atoms with E-state index in [9.17, 15) is 13.2 Å². The topological polar surface area (TPSA) is 114 Å². The van der Waals surface area contributed by atoms with Crippen molar-refractivity contribution in [2.45, 2.75) is 32.7 Å². The Kier molecular flexibility index (Phi) is 6.46. The van der Waals surface area contributed by atoms with Crippen molar-refractivity contribution in [1.29, 1.82) is 0 Å². The van der Waals surface area contributed by atoms with Gasteiger partial charge in [0.05, 0.1) is 5.69 Å². The van der Waals surface area contributed by atoms with Crippen LogP contribution >= 0.6 is 0 Å². The number of nitrogens with one attached hydrogen (secondary N) is 2. The predicted molar refractivity (Wildman–Crippen MR) is 146 cm³/mol. The molecule has 3 heterocycles. The average Bonchev–Trinajstić information content (AvgIpc) is 3.35. The smallest absolute Gasteiger partial charge is 0.281 e.